The molecule has 0 aliphatic carbocycles. The minimum Gasteiger partial charge on any atom is -0.504 e. The Bertz CT molecular complexity index is 836. The Hall–Kier alpha value is -3.39. The van der Waals surface area contributed by atoms with Gasteiger partial charge in [-0.1, -0.05) is 42.5 Å². The van der Waals surface area contributed by atoms with Gasteiger partial charge in [-0.05, 0) is 24.6 Å². The quantitative estimate of drug-likeness (QED) is 0.579. The van der Waals surface area contributed by atoms with E-state index in [0.717, 1.165) is 11.1 Å². The number of ether oxygens (including phenoxy) is 2. The van der Waals surface area contributed by atoms with Gasteiger partial charge in [-0.25, -0.2) is 0 Å². The molecule has 0 aliphatic rings. The van der Waals surface area contributed by atoms with Gasteiger partial charge in [0.25, 0.3) is 0 Å². The largest absolute Gasteiger partial charge is 0.504 e. The van der Waals surface area contributed by atoms with Crippen LogP contribution in [-0.2, 0) is 0 Å². The van der Waals surface area contributed by atoms with E-state index in [1.165, 1.54) is 20.3 Å². The first-order valence-electron chi connectivity index (χ1n) is 8.14. The van der Waals surface area contributed by atoms with Crippen LogP contribution in [-0.4, -0.2) is 19.3 Å². The second-order valence-corrected chi connectivity index (χ2v) is 5.59. The van der Waals surface area contributed by atoms with Crippen molar-refractivity contribution in [3.63, 3.8) is 0 Å². The number of nitrogens with zero attached hydrogens (tertiary/aromatic N) is 1. The molecule has 0 aliphatic heterocycles. The lowest BCUT2D eigenvalue weighted by Crippen LogP contribution is -2.16. The zero-order chi connectivity index (χ0) is 18.9. The molecule has 0 spiro atoms. The molecule has 134 valence electrons. The van der Waals surface area contributed by atoms with Crippen molar-refractivity contribution in [2.75, 3.05) is 14.2 Å². The monoisotopic (exact) mass is 350 g/mol. The van der Waals surface area contributed by atoms with Crippen LogP contribution in [0.2, 0.25) is 0 Å². The molecule has 0 amide bonds. The molecule has 0 aromatic heterocycles. The lowest BCUT2D eigenvalue weighted by Gasteiger charge is -2.14. The first-order valence-corrected chi connectivity index (χ1v) is 8.14. The molecule has 0 saturated heterocycles. The van der Waals surface area contributed by atoms with E-state index in [1.807, 2.05) is 37.3 Å². The number of nitriles is 1. The number of aromatic hydroxyl groups is 1. The normalized spacial score (nSPS) is 12.5. The van der Waals surface area contributed by atoms with Gasteiger partial charge in [-0.3, -0.25) is 0 Å². The van der Waals surface area contributed by atoms with Crippen LogP contribution in [0.3, 0.4) is 0 Å². The van der Waals surface area contributed by atoms with E-state index in [1.54, 1.807) is 24.3 Å². The number of phenolic OH excluding ortho intramolecular Hbond substituents is 1. The summed E-state index contributed by atoms with van der Waals surface area (Å²) in [7, 11) is 3.01. The van der Waals surface area contributed by atoms with Crippen LogP contribution in [0.1, 0.15) is 24.1 Å². The number of benzene rings is 2. The maximum absolute atomic E-state index is 9.81. The highest BCUT2D eigenvalue weighted by Gasteiger charge is 2.08. The predicted octanol–water partition coefficient (Wildman–Crippen LogP) is 4.18. The average molecular weight is 350 g/mol. The van der Waals surface area contributed by atoms with Crippen molar-refractivity contribution in [1.82, 2.24) is 5.32 Å². The molecule has 2 aromatic carbocycles. The van der Waals surface area contributed by atoms with Crippen LogP contribution < -0.4 is 14.8 Å². The van der Waals surface area contributed by atoms with Gasteiger partial charge in [-0.15, -0.1) is 0 Å². The van der Waals surface area contributed by atoms with Gasteiger partial charge in [-0.2, -0.15) is 5.26 Å². The number of rotatable bonds is 7. The Kier molecular flexibility index (Phi) is 6.69. The van der Waals surface area contributed by atoms with Gasteiger partial charge >= 0.3 is 0 Å². The Balaban J connectivity index is 2.17. The van der Waals surface area contributed by atoms with Crippen LogP contribution in [0.4, 0.5) is 0 Å². The van der Waals surface area contributed by atoms with E-state index in [2.05, 4.69) is 11.4 Å². The third-order valence-electron chi connectivity index (χ3n) is 3.86. The van der Waals surface area contributed by atoms with Crippen molar-refractivity contribution in [3.8, 4) is 23.3 Å². The molecule has 5 nitrogen and oxygen atoms in total. The van der Waals surface area contributed by atoms with Crippen molar-refractivity contribution in [1.29, 1.82) is 5.26 Å². The fraction of sp³-hybridized carbons (Fsp3) is 0.190. The van der Waals surface area contributed by atoms with Crippen LogP contribution in [0.15, 0.2) is 60.3 Å². The average Bonchev–Trinajstić information content (AvgIpc) is 2.68. The lowest BCUT2D eigenvalue weighted by molar-refractivity contribution is 0.365. The molecule has 2 N–H and O–H groups in total. The summed E-state index contributed by atoms with van der Waals surface area (Å²) in [4.78, 5) is 0. The van der Waals surface area contributed by atoms with Gasteiger partial charge in [0.05, 0.1) is 14.2 Å². The Morgan fingerprint density at radius 2 is 1.85 bits per heavy atom. The minimum absolute atomic E-state index is 0.00751. The second kappa shape index (κ2) is 9.19. The fourth-order valence-corrected chi connectivity index (χ4v) is 2.46. The molecule has 0 fully saturated rings. The van der Waals surface area contributed by atoms with E-state index in [-0.39, 0.29) is 11.8 Å². The molecule has 0 heterocycles. The highest BCUT2D eigenvalue weighted by molar-refractivity contribution is 5.64. The number of allylic oxidation sites excluding steroid dienone is 3. The molecule has 2 aromatic rings. The van der Waals surface area contributed by atoms with Crippen molar-refractivity contribution >= 4 is 6.08 Å². The van der Waals surface area contributed by atoms with Crippen molar-refractivity contribution < 1.29 is 14.6 Å². The third-order valence-corrected chi connectivity index (χ3v) is 3.86. The topological polar surface area (TPSA) is 74.5 Å². The van der Waals surface area contributed by atoms with Gasteiger partial charge < -0.3 is 19.9 Å². The molecule has 5 heteroatoms. The summed E-state index contributed by atoms with van der Waals surface area (Å²) in [6.45, 7) is 2.00. The summed E-state index contributed by atoms with van der Waals surface area (Å²) < 4.78 is 10.4. The number of nitrogens with one attached hydrogen (secondary N) is 1. The zero-order valence-electron chi connectivity index (χ0n) is 15.1. The van der Waals surface area contributed by atoms with Crippen molar-refractivity contribution in [3.05, 3.63) is 71.4 Å². The van der Waals surface area contributed by atoms with E-state index in [4.69, 9.17) is 9.47 Å². The first kappa shape index (κ1) is 18.9. The van der Waals surface area contributed by atoms with Crippen LogP contribution >= 0.6 is 0 Å². The summed E-state index contributed by atoms with van der Waals surface area (Å²) in [6, 6.07) is 15.2. The number of phenols is 1. The van der Waals surface area contributed by atoms with E-state index in [0.29, 0.717) is 17.2 Å². The Labute approximate surface area is 153 Å². The predicted molar refractivity (Wildman–Crippen MR) is 102 cm³/mol. The summed E-state index contributed by atoms with van der Waals surface area (Å²) >= 11 is 0. The van der Waals surface area contributed by atoms with Gasteiger partial charge in [0, 0.05) is 17.7 Å². The molecule has 0 radical (unpaired) electrons. The number of methoxy groups -OCH3 is 2. The summed E-state index contributed by atoms with van der Waals surface area (Å²) in [5.41, 5.74) is 2.27. The second-order valence-electron chi connectivity index (χ2n) is 5.59. The SMILES string of the molecule is COc1cc(C=CC=C(C#N)NC(C)c2ccccc2)c(OC)cc1O. The molecule has 26 heavy (non-hydrogen) atoms. The smallest absolute Gasteiger partial charge is 0.161 e. The van der Waals surface area contributed by atoms with E-state index >= 15 is 0 Å². The van der Waals surface area contributed by atoms with E-state index in [9.17, 15) is 10.4 Å². The summed E-state index contributed by atoms with van der Waals surface area (Å²) in [5, 5.41) is 22.3. The Morgan fingerprint density at radius 3 is 2.46 bits per heavy atom. The lowest BCUT2D eigenvalue weighted by atomic mass is 10.1. The highest BCUT2D eigenvalue weighted by atomic mass is 16.5. The molecule has 1 atom stereocenters. The van der Waals surface area contributed by atoms with Crippen LogP contribution in [0.25, 0.3) is 6.08 Å². The summed E-state index contributed by atoms with van der Waals surface area (Å²) in [6.07, 6.45) is 5.23. The molecule has 0 saturated carbocycles. The molecule has 1 unspecified atom stereocenters. The fourth-order valence-electron chi connectivity index (χ4n) is 2.46. The maximum Gasteiger partial charge on any atom is 0.161 e. The van der Waals surface area contributed by atoms with Crippen LogP contribution in [0.5, 0.6) is 17.2 Å². The third kappa shape index (κ3) is 4.81. The summed E-state index contributed by atoms with van der Waals surface area (Å²) in [5.74, 6) is 0.871. The van der Waals surface area contributed by atoms with Gasteiger partial charge in [0.15, 0.2) is 11.5 Å². The first-order chi connectivity index (χ1) is 12.6. The van der Waals surface area contributed by atoms with Crippen molar-refractivity contribution in [2.24, 2.45) is 0 Å². The molecule has 0 bridgehead atoms. The van der Waals surface area contributed by atoms with Crippen LogP contribution in [0, 0.1) is 11.3 Å². The van der Waals surface area contributed by atoms with Gasteiger partial charge in [0.2, 0.25) is 0 Å². The molecular weight excluding hydrogens is 328 g/mol. The van der Waals surface area contributed by atoms with E-state index < -0.39 is 0 Å². The Morgan fingerprint density at radius 1 is 1.15 bits per heavy atom. The molecule has 2 rings (SSSR count). The maximum atomic E-state index is 9.81. The van der Waals surface area contributed by atoms with Gasteiger partial charge in [0.1, 0.15) is 17.5 Å². The minimum atomic E-state index is 0.00751. The number of hydrogen-bond donors (Lipinski definition) is 2. The number of hydrogen-bond acceptors (Lipinski definition) is 5. The highest BCUT2D eigenvalue weighted by Crippen LogP contribution is 2.34. The zero-order valence-corrected chi connectivity index (χ0v) is 15.1. The van der Waals surface area contributed by atoms with Crippen molar-refractivity contribution in [2.45, 2.75) is 13.0 Å². The standard InChI is InChI=1S/C21H22N2O3/c1-15(16-8-5-4-6-9-16)23-18(14-22)11-7-10-17-12-21(26-3)19(24)13-20(17)25-2/h4-13,15,23-24H,1-3H3. The molecular formula is C21H22N2O3.